The zero-order chi connectivity index (χ0) is 37.7. The van der Waals surface area contributed by atoms with Crippen LogP contribution >= 0.6 is 0 Å². The molecule has 274 valence electrons. The van der Waals surface area contributed by atoms with Gasteiger partial charge in [-0.25, -0.2) is 15.0 Å². The quantitative estimate of drug-likeness (QED) is 0.0896. The summed E-state index contributed by atoms with van der Waals surface area (Å²) in [5.74, 6) is -1.73. The first kappa shape index (κ1) is 37.9. The highest BCUT2D eigenvalue weighted by Gasteiger charge is 2.38. The zero-order valence-electron chi connectivity index (χ0n) is 31.0. The summed E-state index contributed by atoms with van der Waals surface area (Å²) < 4.78 is 5.01. The highest BCUT2D eigenvalue weighted by Crippen LogP contribution is 2.43. The second-order valence-electron chi connectivity index (χ2n) is 13.6. The van der Waals surface area contributed by atoms with Crippen molar-refractivity contribution in [2.24, 2.45) is 26.8 Å². The van der Waals surface area contributed by atoms with Crippen molar-refractivity contribution >= 4 is 35.0 Å². The third-order valence-electron chi connectivity index (χ3n) is 10.5. The van der Waals surface area contributed by atoms with Crippen molar-refractivity contribution in [3.05, 3.63) is 105 Å². The van der Waals surface area contributed by atoms with Crippen molar-refractivity contribution in [2.75, 3.05) is 13.7 Å². The zero-order valence-corrected chi connectivity index (χ0v) is 31.0. The van der Waals surface area contributed by atoms with Crippen molar-refractivity contribution in [3.63, 3.8) is 0 Å². The molecule has 11 nitrogen and oxygen atoms in total. The van der Waals surface area contributed by atoms with E-state index in [2.05, 4.69) is 38.0 Å². The number of ether oxygens (including phenoxy) is 1. The lowest BCUT2D eigenvalue weighted by Crippen LogP contribution is -2.28. The fourth-order valence-electron chi connectivity index (χ4n) is 7.36. The molecule has 0 saturated carbocycles. The predicted molar refractivity (Wildman–Crippen MR) is 204 cm³/mol. The van der Waals surface area contributed by atoms with E-state index in [1.54, 1.807) is 0 Å². The van der Waals surface area contributed by atoms with Crippen LogP contribution in [0.15, 0.2) is 120 Å². The molecule has 1 fully saturated rings. The summed E-state index contributed by atoms with van der Waals surface area (Å²) in [4.78, 5) is 52.3. The van der Waals surface area contributed by atoms with E-state index < -0.39 is 5.97 Å². The van der Waals surface area contributed by atoms with E-state index in [-0.39, 0.29) is 43.0 Å². The Balaban J connectivity index is 1.69. The number of aliphatic hydroxyl groups is 1. The van der Waals surface area contributed by atoms with Gasteiger partial charge < -0.3 is 25.6 Å². The topological polar surface area (TPSA) is 162 Å². The van der Waals surface area contributed by atoms with Crippen LogP contribution < -0.4 is 10.6 Å². The van der Waals surface area contributed by atoms with Crippen LogP contribution in [0.4, 0.5) is 0 Å². The van der Waals surface area contributed by atoms with Crippen LogP contribution in [-0.2, 0) is 19.1 Å². The van der Waals surface area contributed by atoms with E-state index >= 15 is 0 Å². The molecule has 5 heterocycles. The maximum absolute atomic E-state index is 13.7. The number of carboxylic acid groups (broad SMARTS) is 1. The molecule has 0 aromatic rings. The number of fused-ring (bicyclic) bond motifs is 5. The monoisotopic (exact) mass is 707 g/mol. The summed E-state index contributed by atoms with van der Waals surface area (Å²) >= 11 is 0. The minimum Gasteiger partial charge on any atom is -0.515 e. The van der Waals surface area contributed by atoms with Crippen LogP contribution in [0.2, 0.25) is 0 Å². The molecule has 0 aromatic carbocycles. The molecule has 1 amide bonds. The number of aliphatic imine (C=N–C) groups is 3. The lowest BCUT2D eigenvalue weighted by atomic mass is 9.84. The highest BCUT2D eigenvalue weighted by molar-refractivity contribution is 6.20. The Bertz CT molecular complexity index is 1940. The number of carbonyl (C=O) groups excluding carboxylic acids is 2. The van der Waals surface area contributed by atoms with Crippen LogP contribution in [0.5, 0.6) is 0 Å². The number of aliphatic hydroxyl groups excluding tert-OH is 1. The van der Waals surface area contributed by atoms with E-state index in [0.29, 0.717) is 54.8 Å². The molecule has 5 aliphatic heterocycles. The number of hydrogen-bond donors (Lipinski definition) is 4. The van der Waals surface area contributed by atoms with Gasteiger partial charge in [-0.1, -0.05) is 32.9 Å². The largest absolute Gasteiger partial charge is 0.515 e. The number of aliphatic carboxylic acids is 1. The van der Waals surface area contributed by atoms with Crippen molar-refractivity contribution in [1.82, 2.24) is 10.6 Å². The van der Waals surface area contributed by atoms with Crippen molar-refractivity contribution in [1.29, 1.82) is 0 Å². The van der Waals surface area contributed by atoms with Gasteiger partial charge in [0.2, 0.25) is 5.91 Å². The minimum atomic E-state index is -0.837. The fraction of sp³-hybridized carbons (Fsp3) is 0.415. The van der Waals surface area contributed by atoms with E-state index in [4.69, 9.17) is 24.8 Å². The van der Waals surface area contributed by atoms with Gasteiger partial charge in [0.25, 0.3) is 0 Å². The summed E-state index contributed by atoms with van der Waals surface area (Å²) in [7, 11) is 1.37. The first-order valence-electron chi connectivity index (χ1n) is 18.0. The maximum atomic E-state index is 13.7. The molecule has 5 rings (SSSR count). The second-order valence-corrected chi connectivity index (χ2v) is 13.6. The number of esters is 1. The molecule has 0 aromatic heterocycles. The van der Waals surface area contributed by atoms with E-state index in [1.165, 1.54) is 7.11 Å². The summed E-state index contributed by atoms with van der Waals surface area (Å²) in [6, 6.07) is 0. The number of nitrogens with one attached hydrogen (secondary N) is 2. The Morgan fingerprint density at radius 3 is 2.37 bits per heavy atom. The molecule has 0 spiro atoms. The predicted octanol–water partition coefficient (Wildman–Crippen LogP) is 7.17. The molecule has 8 bridgehead atoms. The number of carboxylic acids is 1. The van der Waals surface area contributed by atoms with Gasteiger partial charge in [-0.3, -0.25) is 14.4 Å². The average molecular weight is 708 g/mol. The molecule has 11 heteroatoms. The van der Waals surface area contributed by atoms with E-state index in [1.807, 2.05) is 38.2 Å². The standard InChI is InChI=1S/C41H49N5O6/c1-8-26-22(3)31-18-33-24(5)28(14-15-39(51)52-7)40(45-33)29(17-37(48)42-16-12-10-11-13-38(49)50)41-30(21-47)25(6)34(46-41)20-36-27(9-2)23(4)32(44-36)19-35(26)43-31/h8,18-21,24,28,45,47H,1,9-17H2,2-7H3,(H,42,48)(H,49,50)/t24-,28-/m0/s1. The second kappa shape index (κ2) is 16.4. The molecule has 0 unspecified atom stereocenters. The Hall–Kier alpha value is -5.32. The lowest BCUT2D eigenvalue weighted by molar-refractivity contribution is -0.141. The molecule has 0 radical (unpaired) electrons. The van der Waals surface area contributed by atoms with Crippen molar-refractivity contribution in [2.45, 2.75) is 86.0 Å². The van der Waals surface area contributed by atoms with Gasteiger partial charge >= 0.3 is 11.9 Å². The van der Waals surface area contributed by atoms with Crippen LogP contribution in [0.25, 0.3) is 0 Å². The number of unbranched alkanes of at least 4 members (excludes halogenated alkanes) is 2. The Labute approximate surface area is 305 Å². The summed E-state index contributed by atoms with van der Waals surface area (Å²) in [5, 5.41) is 26.3. The first-order chi connectivity index (χ1) is 24.9. The molecule has 5 aliphatic rings. The lowest BCUT2D eigenvalue weighted by Gasteiger charge is -2.20. The number of rotatable bonds is 13. The van der Waals surface area contributed by atoms with Gasteiger partial charge in [-0.05, 0) is 87.0 Å². The van der Waals surface area contributed by atoms with E-state index in [9.17, 15) is 19.5 Å². The van der Waals surface area contributed by atoms with Crippen molar-refractivity contribution < 1.29 is 29.3 Å². The highest BCUT2D eigenvalue weighted by atomic mass is 16.5. The number of carbonyl (C=O) groups is 3. The van der Waals surface area contributed by atoms with Gasteiger partial charge in [0, 0.05) is 59.3 Å². The third kappa shape index (κ3) is 7.78. The fourth-order valence-corrected chi connectivity index (χ4v) is 7.36. The number of nitrogens with zero attached hydrogens (tertiary/aromatic N) is 3. The average Bonchev–Trinajstić information content (AvgIpc) is 3.79. The molecule has 4 N–H and O–H groups in total. The minimum absolute atomic E-state index is 0.0472. The first-order valence-corrected chi connectivity index (χ1v) is 18.0. The number of allylic oxidation sites excluding steroid dienone is 11. The Kier molecular flexibility index (Phi) is 11.9. The molecule has 0 aliphatic carbocycles. The Morgan fingerprint density at radius 2 is 1.69 bits per heavy atom. The third-order valence-corrected chi connectivity index (χ3v) is 10.5. The van der Waals surface area contributed by atoms with Crippen LogP contribution in [0, 0.1) is 11.8 Å². The van der Waals surface area contributed by atoms with Gasteiger partial charge in [0.15, 0.2) is 0 Å². The van der Waals surface area contributed by atoms with Crippen LogP contribution in [0.3, 0.4) is 0 Å². The van der Waals surface area contributed by atoms with Gasteiger partial charge in [0.05, 0.1) is 54.0 Å². The maximum Gasteiger partial charge on any atom is 0.305 e. The van der Waals surface area contributed by atoms with E-state index in [0.717, 1.165) is 74.8 Å². The van der Waals surface area contributed by atoms with Crippen molar-refractivity contribution in [3.8, 4) is 0 Å². The molecule has 2 atom stereocenters. The SMILES string of the molecule is C=CC1=C(C)C2=NC1=CC1=NC(=CC3=C(C)C(=CO)C(=N3)C(CC(=O)NCCCCCC(=O)O)=C3NC(=C2)[C@@H](C)[C@@H]3CCC(=O)OC)C(CC)=C1C. The van der Waals surface area contributed by atoms with Gasteiger partial charge in [-0.2, -0.15) is 0 Å². The number of hydrogen-bond acceptors (Lipinski definition) is 9. The van der Waals surface area contributed by atoms with Crippen LogP contribution in [-0.4, -0.2) is 58.8 Å². The number of methoxy groups -OCH3 is 1. The van der Waals surface area contributed by atoms with Gasteiger partial charge in [0.1, 0.15) is 0 Å². The molecule has 1 saturated heterocycles. The number of amides is 1. The van der Waals surface area contributed by atoms with Crippen LogP contribution in [0.1, 0.15) is 86.0 Å². The normalized spacial score (nSPS) is 21.8. The molecular formula is C41H49N5O6. The smallest absolute Gasteiger partial charge is 0.305 e. The summed E-state index contributed by atoms with van der Waals surface area (Å²) in [5.41, 5.74) is 11.7. The summed E-state index contributed by atoms with van der Waals surface area (Å²) in [6.07, 6.45) is 12.1. The molecule has 52 heavy (non-hydrogen) atoms. The Morgan fingerprint density at radius 1 is 0.962 bits per heavy atom. The molecular weight excluding hydrogens is 658 g/mol. The summed E-state index contributed by atoms with van der Waals surface area (Å²) in [6.45, 7) is 14.6. The van der Waals surface area contributed by atoms with Gasteiger partial charge in [-0.15, -0.1) is 0 Å².